The Balaban J connectivity index is 1.92. The maximum absolute atomic E-state index is 12.4. The van der Waals surface area contributed by atoms with Crippen LogP contribution < -0.4 is 10.1 Å². The fourth-order valence-electron chi connectivity index (χ4n) is 2.32. The molecular formula is C17H11Br2ClN4O4. The fourth-order valence-corrected chi connectivity index (χ4v) is 3.18. The van der Waals surface area contributed by atoms with Gasteiger partial charge in [-0.1, -0.05) is 11.6 Å². The van der Waals surface area contributed by atoms with Crippen LogP contribution in [0.25, 0.3) is 0 Å². The number of halogens is 3. The van der Waals surface area contributed by atoms with Gasteiger partial charge in [-0.3, -0.25) is 20.0 Å². The third-order valence-electron chi connectivity index (χ3n) is 3.61. The van der Waals surface area contributed by atoms with Crippen LogP contribution in [0.2, 0.25) is 5.02 Å². The number of H-pyrrole nitrogens is 1. The summed E-state index contributed by atoms with van der Waals surface area (Å²) in [5.74, 6) is 0.126. The highest BCUT2D eigenvalue weighted by molar-refractivity contribution is 9.13. The number of amides is 1. The minimum atomic E-state index is -0.571. The largest absolute Gasteiger partial charge is 0.457 e. The van der Waals surface area contributed by atoms with Gasteiger partial charge in [0, 0.05) is 17.2 Å². The summed E-state index contributed by atoms with van der Waals surface area (Å²) in [6, 6.07) is 9.00. The molecule has 28 heavy (non-hydrogen) atoms. The molecule has 0 atom stereocenters. The van der Waals surface area contributed by atoms with E-state index in [4.69, 9.17) is 16.3 Å². The monoisotopic (exact) mass is 528 g/mol. The lowest BCUT2D eigenvalue weighted by molar-refractivity contribution is -0.384. The molecule has 0 unspecified atom stereocenters. The molecule has 0 radical (unpaired) electrons. The number of nitrogens with zero attached hydrogens (tertiary/aromatic N) is 2. The number of aromatic nitrogens is 2. The molecule has 8 nitrogen and oxygen atoms in total. The second kappa shape index (κ2) is 8.29. The molecule has 144 valence electrons. The SMILES string of the molecule is Cc1cc(Cl)ccc1Oc1cc(NC(=O)c2n[nH]c(Br)c2Br)cc([N+](=O)[O-])c1. The summed E-state index contributed by atoms with van der Waals surface area (Å²) in [5.41, 5.74) is 0.804. The summed E-state index contributed by atoms with van der Waals surface area (Å²) in [4.78, 5) is 23.1. The number of nitro groups is 1. The van der Waals surface area contributed by atoms with Crippen LogP contribution in [0, 0.1) is 17.0 Å². The topological polar surface area (TPSA) is 110 Å². The Morgan fingerprint density at radius 1 is 1.29 bits per heavy atom. The molecule has 2 N–H and O–H groups in total. The number of benzene rings is 2. The van der Waals surface area contributed by atoms with Gasteiger partial charge in [0.15, 0.2) is 5.69 Å². The van der Waals surface area contributed by atoms with Crippen LogP contribution in [0.1, 0.15) is 16.1 Å². The number of aromatic amines is 1. The Labute approximate surface area is 180 Å². The molecule has 1 amide bonds. The van der Waals surface area contributed by atoms with Crippen molar-refractivity contribution in [1.29, 1.82) is 0 Å². The van der Waals surface area contributed by atoms with Crippen LogP contribution in [0.15, 0.2) is 45.5 Å². The number of aryl methyl sites for hydroxylation is 1. The van der Waals surface area contributed by atoms with Gasteiger partial charge in [-0.2, -0.15) is 5.10 Å². The predicted octanol–water partition coefficient (Wildman–Crippen LogP) is 5.85. The first-order valence-electron chi connectivity index (χ1n) is 7.69. The zero-order valence-electron chi connectivity index (χ0n) is 14.1. The first kappa shape index (κ1) is 20.3. The predicted molar refractivity (Wildman–Crippen MR) is 111 cm³/mol. The minimum absolute atomic E-state index is 0.0920. The molecule has 0 saturated heterocycles. The third kappa shape index (κ3) is 4.51. The van der Waals surface area contributed by atoms with E-state index >= 15 is 0 Å². The summed E-state index contributed by atoms with van der Waals surface area (Å²) in [6.45, 7) is 1.80. The number of rotatable bonds is 5. The number of hydrogen-bond acceptors (Lipinski definition) is 5. The van der Waals surface area contributed by atoms with Crippen LogP contribution in [0.3, 0.4) is 0 Å². The Kier molecular flexibility index (Phi) is 6.01. The van der Waals surface area contributed by atoms with Crippen LogP contribution in [0.5, 0.6) is 11.5 Å². The second-order valence-electron chi connectivity index (χ2n) is 5.64. The number of hydrogen-bond donors (Lipinski definition) is 2. The quantitative estimate of drug-likeness (QED) is 0.318. The number of nitro benzene ring substituents is 1. The molecule has 0 fully saturated rings. The molecule has 1 heterocycles. The first-order chi connectivity index (χ1) is 13.2. The van der Waals surface area contributed by atoms with Crippen LogP contribution in [-0.4, -0.2) is 21.0 Å². The van der Waals surface area contributed by atoms with Crippen molar-refractivity contribution in [3.63, 3.8) is 0 Å². The van der Waals surface area contributed by atoms with Gasteiger partial charge in [0.1, 0.15) is 16.1 Å². The molecule has 2 aromatic carbocycles. The Hall–Kier alpha value is -2.43. The highest BCUT2D eigenvalue weighted by atomic mass is 79.9. The van der Waals surface area contributed by atoms with E-state index in [9.17, 15) is 14.9 Å². The van der Waals surface area contributed by atoms with Crippen LogP contribution in [0.4, 0.5) is 11.4 Å². The molecule has 0 saturated carbocycles. The molecular weight excluding hydrogens is 519 g/mol. The van der Waals surface area contributed by atoms with Crippen molar-refractivity contribution in [1.82, 2.24) is 10.2 Å². The van der Waals surface area contributed by atoms with Crippen molar-refractivity contribution < 1.29 is 14.5 Å². The van der Waals surface area contributed by atoms with Crippen molar-refractivity contribution in [2.75, 3.05) is 5.32 Å². The average Bonchev–Trinajstić information content (AvgIpc) is 2.96. The summed E-state index contributed by atoms with van der Waals surface area (Å²) in [7, 11) is 0. The van der Waals surface area contributed by atoms with Crippen molar-refractivity contribution in [2.24, 2.45) is 0 Å². The Morgan fingerprint density at radius 2 is 2.04 bits per heavy atom. The van der Waals surface area contributed by atoms with E-state index in [1.54, 1.807) is 25.1 Å². The minimum Gasteiger partial charge on any atom is -0.457 e. The van der Waals surface area contributed by atoms with E-state index < -0.39 is 10.8 Å². The van der Waals surface area contributed by atoms with E-state index in [0.29, 0.717) is 19.8 Å². The van der Waals surface area contributed by atoms with Gasteiger partial charge in [-0.25, -0.2) is 0 Å². The second-order valence-corrected chi connectivity index (χ2v) is 7.66. The zero-order chi connectivity index (χ0) is 20.4. The number of ether oxygens (including phenoxy) is 1. The number of non-ortho nitro benzene ring substituents is 1. The van der Waals surface area contributed by atoms with E-state index in [1.807, 2.05) is 0 Å². The molecule has 0 spiro atoms. The van der Waals surface area contributed by atoms with Gasteiger partial charge < -0.3 is 10.1 Å². The average molecular weight is 531 g/mol. The van der Waals surface area contributed by atoms with Gasteiger partial charge >= 0.3 is 0 Å². The third-order valence-corrected chi connectivity index (χ3v) is 5.72. The van der Waals surface area contributed by atoms with Crippen molar-refractivity contribution in [3.8, 4) is 11.5 Å². The number of carbonyl (C=O) groups is 1. The van der Waals surface area contributed by atoms with Crippen molar-refractivity contribution >= 4 is 60.7 Å². The van der Waals surface area contributed by atoms with E-state index in [-0.39, 0.29) is 22.8 Å². The molecule has 0 aliphatic carbocycles. The van der Waals surface area contributed by atoms with Crippen LogP contribution >= 0.6 is 43.5 Å². The highest BCUT2D eigenvalue weighted by Gasteiger charge is 2.19. The van der Waals surface area contributed by atoms with Crippen LogP contribution in [-0.2, 0) is 0 Å². The lowest BCUT2D eigenvalue weighted by Crippen LogP contribution is -2.13. The summed E-state index contributed by atoms with van der Waals surface area (Å²) in [5, 5.41) is 20.9. The fraction of sp³-hybridized carbons (Fsp3) is 0.0588. The first-order valence-corrected chi connectivity index (χ1v) is 9.65. The van der Waals surface area contributed by atoms with Gasteiger partial charge in [-0.05, 0) is 62.5 Å². The smallest absolute Gasteiger partial charge is 0.277 e. The molecule has 11 heteroatoms. The Morgan fingerprint density at radius 3 is 2.64 bits per heavy atom. The van der Waals surface area contributed by atoms with E-state index in [1.165, 1.54) is 18.2 Å². The lowest BCUT2D eigenvalue weighted by atomic mass is 10.2. The molecule has 0 aliphatic heterocycles. The zero-order valence-corrected chi connectivity index (χ0v) is 18.1. The number of carbonyl (C=O) groups excluding carboxylic acids is 1. The highest BCUT2D eigenvalue weighted by Crippen LogP contribution is 2.33. The molecule has 0 aliphatic rings. The maximum atomic E-state index is 12.4. The summed E-state index contributed by atoms with van der Waals surface area (Å²) >= 11 is 12.4. The van der Waals surface area contributed by atoms with Crippen molar-refractivity contribution in [2.45, 2.75) is 6.92 Å². The molecule has 1 aromatic heterocycles. The molecule has 3 aromatic rings. The van der Waals surface area contributed by atoms with Gasteiger partial charge in [0.25, 0.3) is 11.6 Å². The van der Waals surface area contributed by atoms with Crippen molar-refractivity contribution in [3.05, 3.63) is 71.9 Å². The molecule has 0 bridgehead atoms. The van der Waals surface area contributed by atoms with Gasteiger partial charge in [0.2, 0.25) is 0 Å². The van der Waals surface area contributed by atoms with E-state index in [0.717, 1.165) is 5.56 Å². The lowest BCUT2D eigenvalue weighted by Gasteiger charge is -2.11. The van der Waals surface area contributed by atoms with Gasteiger partial charge in [0.05, 0.1) is 21.1 Å². The number of anilines is 1. The van der Waals surface area contributed by atoms with E-state index in [2.05, 4.69) is 47.4 Å². The maximum Gasteiger partial charge on any atom is 0.277 e. The Bertz CT molecular complexity index is 1090. The summed E-state index contributed by atoms with van der Waals surface area (Å²) in [6.07, 6.45) is 0. The summed E-state index contributed by atoms with van der Waals surface area (Å²) < 4.78 is 6.69. The standard InChI is InChI=1S/C17H11Br2ClN4O4/c1-8-4-9(20)2-3-13(8)28-12-6-10(5-11(7-12)24(26)27)21-17(25)15-14(18)16(19)23-22-15/h2-7H,1H3,(H,21,25)(H,22,23). The normalized spacial score (nSPS) is 10.6. The molecule has 3 rings (SSSR count). The van der Waals surface area contributed by atoms with Gasteiger partial charge in [-0.15, -0.1) is 0 Å². The number of nitrogens with one attached hydrogen (secondary N) is 2.